The molecule has 1 unspecified atom stereocenters. The molecule has 0 bridgehead atoms. The Bertz CT molecular complexity index is 422. The van der Waals surface area contributed by atoms with Crippen LogP contribution in [0.4, 0.5) is 0 Å². The lowest BCUT2D eigenvalue weighted by Crippen LogP contribution is -2.24. The largest absolute Gasteiger partial charge is 0.343 e. The highest BCUT2D eigenvalue weighted by Gasteiger charge is 2.24. The van der Waals surface area contributed by atoms with Crippen molar-refractivity contribution in [3.8, 4) is 0 Å². The molecule has 1 rings (SSSR count). The average Bonchev–Trinajstić information content (AvgIpc) is 2.61. The summed E-state index contributed by atoms with van der Waals surface area (Å²) in [5, 5.41) is 8.39. The predicted molar refractivity (Wildman–Crippen MR) is 80.6 cm³/mol. The third kappa shape index (κ3) is 4.16. The van der Waals surface area contributed by atoms with Gasteiger partial charge in [0.05, 0.1) is 0 Å². The molecule has 0 spiro atoms. The van der Waals surface area contributed by atoms with Crippen molar-refractivity contribution in [1.82, 2.24) is 14.8 Å². The second-order valence-electron chi connectivity index (χ2n) is 5.49. The fourth-order valence-electron chi connectivity index (χ4n) is 1.54. The van der Waals surface area contributed by atoms with Gasteiger partial charge in [0.2, 0.25) is 0 Å². The van der Waals surface area contributed by atoms with Crippen LogP contribution in [-0.4, -0.2) is 25.8 Å². The van der Waals surface area contributed by atoms with E-state index in [-0.39, 0.29) is 11.1 Å². The summed E-state index contributed by atoms with van der Waals surface area (Å²) in [5.74, 6) is 1.51. The van der Waals surface area contributed by atoms with E-state index in [2.05, 4.69) is 53.8 Å². The maximum atomic E-state index is 11.6. The van der Waals surface area contributed by atoms with Gasteiger partial charge in [-0.3, -0.25) is 4.57 Å². The van der Waals surface area contributed by atoms with Crippen molar-refractivity contribution in [2.45, 2.75) is 45.8 Å². The molecule has 1 aromatic rings. The highest BCUT2D eigenvalue weighted by atomic mass is 79.9. The Hall–Kier alpha value is -0.230. The van der Waals surface area contributed by atoms with Gasteiger partial charge in [0.1, 0.15) is 0 Å². The number of thioether (sulfide) groups is 1. The smallest absolute Gasteiger partial charge is 0.270 e. The van der Waals surface area contributed by atoms with E-state index < -0.39 is 0 Å². The lowest BCUT2D eigenvalue weighted by Gasteiger charge is -2.28. The van der Waals surface area contributed by atoms with Crippen molar-refractivity contribution < 1.29 is 0 Å². The average molecular weight is 336 g/mol. The number of nitrogens with zero attached hydrogens (tertiary/aromatic N) is 2. The van der Waals surface area contributed by atoms with Crippen LogP contribution in [0, 0.1) is 11.3 Å². The summed E-state index contributed by atoms with van der Waals surface area (Å²) < 4.78 is 1.72. The van der Waals surface area contributed by atoms with E-state index >= 15 is 0 Å². The minimum Gasteiger partial charge on any atom is -0.270 e. The van der Waals surface area contributed by atoms with E-state index in [1.807, 2.05) is 0 Å². The van der Waals surface area contributed by atoms with Gasteiger partial charge in [-0.1, -0.05) is 55.4 Å². The molecule has 0 aliphatic carbocycles. The van der Waals surface area contributed by atoms with Gasteiger partial charge in [0.25, 0.3) is 0 Å². The quantitative estimate of drug-likeness (QED) is 0.641. The van der Waals surface area contributed by atoms with Crippen LogP contribution in [0.2, 0.25) is 0 Å². The van der Waals surface area contributed by atoms with E-state index in [1.54, 1.807) is 16.3 Å². The third-order valence-electron chi connectivity index (χ3n) is 3.00. The zero-order valence-electron chi connectivity index (χ0n) is 11.5. The zero-order chi connectivity index (χ0) is 13.8. The number of hydrogen-bond donors (Lipinski definition) is 1. The Morgan fingerprint density at radius 1 is 1.50 bits per heavy atom. The van der Waals surface area contributed by atoms with E-state index in [1.165, 1.54) is 0 Å². The van der Waals surface area contributed by atoms with Crippen LogP contribution in [0.1, 0.15) is 34.1 Å². The minimum absolute atomic E-state index is 0.106. The predicted octanol–water partition coefficient (Wildman–Crippen LogP) is 3.13. The van der Waals surface area contributed by atoms with E-state index in [4.69, 9.17) is 0 Å². The minimum atomic E-state index is -0.106. The molecule has 1 N–H and O–H groups in total. The molecule has 0 fully saturated rings. The molecule has 0 aliphatic rings. The van der Waals surface area contributed by atoms with Crippen molar-refractivity contribution in [2.24, 2.45) is 11.3 Å². The lowest BCUT2D eigenvalue weighted by molar-refractivity contribution is 0.295. The van der Waals surface area contributed by atoms with Gasteiger partial charge in [0.15, 0.2) is 5.16 Å². The first-order chi connectivity index (χ1) is 8.40. The SMILES string of the molecule is CCCn1c(SCC(CBr)C(C)(C)C)n[nH]c1=O. The fourth-order valence-corrected chi connectivity index (χ4v) is 4.45. The summed E-state index contributed by atoms with van der Waals surface area (Å²) in [7, 11) is 0. The van der Waals surface area contributed by atoms with Crippen LogP contribution in [-0.2, 0) is 6.54 Å². The zero-order valence-corrected chi connectivity index (χ0v) is 13.9. The number of alkyl halides is 1. The van der Waals surface area contributed by atoms with Gasteiger partial charge in [-0.25, -0.2) is 9.89 Å². The molecule has 1 atom stereocenters. The molecule has 0 aromatic carbocycles. The Balaban J connectivity index is 2.71. The molecule has 0 radical (unpaired) electrons. The lowest BCUT2D eigenvalue weighted by atomic mass is 9.83. The number of H-pyrrole nitrogens is 1. The molecule has 104 valence electrons. The maximum absolute atomic E-state index is 11.6. The molecule has 0 aliphatic heterocycles. The van der Waals surface area contributed by atoms with E-state index in [0.717, 1.165) is 29.2 Å². The molecule has 0 saturated carbocycles. The summed E-state index contributed by atoms with van der Waals surface area (Å²) in [6.45, 7) is 9.51. The Kier molecular flexibility index (Phi) is 5.98. The molecule has 1 aromatic heterocycles. The van der Waals surface area contributed by atoms with Gasteiger partial charge in [-0.2, -0.15) is 0 Å². The van der Waals surface area contributed by atoms with Crippen LogP contribution >= 0.6 is 27.7 Å². The summed E-state index contributed by atoms with van der Waals surface area (Å²) in [4.78, 5) is 11.6. The number of rotatable bonds is 6. The van der Waals surface area contributed by atoms with E-state index in [9.17, 15) is 4.79 Å². The van der Waals surface area contributed by atoms with Gasteiger partial charge >= 0.3 is 5.69 Å². The Morgan fingerprint density at radius 3 is 2.67 bits per heavy atom. The summed E-state index contributed by atoms with van der Waals surface area (Å²) in [6.07, 6.45) is 0.939. The fraction of sp³-hybridized carbons (Fsp3) is 0.833. The maximum Gasteiger partial charge on any atom is 0.343 e. The number of aromatic amines is 1. The van der Waals surface area contributed by atoms with Gasteiger partial charge in [-0.15, -0.1) is 5.10 Å². The van der Waals surface area contributed by atoms with Gasteiger partial charge < -0.3 is 0 Å². The first-order valence-electron chi connectivity index (χ1n) is 6.24. The van der Waals surface area contributed by atoms with Crippen molar-refractivity contribution in [3.63, 3.8) is 0 Å². The van der Waals surface area contributed by atoms with Crippen LogP contribution in [0.3, 0.4) is 0 Å². The number of halogens is 1. The molecule has 18 heavy (non-hydrogen) atoms. The number of nitrogens with one attached hydrogen (secondary N) is 1. The monoisotopic (exact) mass is 335 g/mol. The van der Waals surface area contributed by atoms with Crippen LogP contribution in [0.15, 0.2) is 9.95 Å². The highest BCUT2D eigenvalue weighted by Crippen LogP contribution is 2.32. The van der Waals surface area contributed by atoms with Gasteiger partial charge in [0, 0.05) is 17.6 Å². The van der Waals surface area contributed by atoms with Crippen LogP contribution in [0.5, 0.6) is 0 Å². The molecular weight excluding hydrogens is 314 g/mol. The molecule has 1 heterocycles. The molecule has 4 nitrogen and oxygen atoms in total. The van der Waals surface area contributed by atoms with Crippen molar-refractivity contribution >= 4 is 27.7 Å². The van der Waals surface area contributed by atoms with Crippen molar-refractivity contribution in [3.05, 3.63) is 10.5 Å². The summed E-state index contributed by atoms with van der Waals surface area (Å²) in [6, 6.07) is 0. The normalized spacial score (nSPS) is 13.8. The van der Waals surface area contributed by atoms with Crippen LogP contribution < -0.4 is 5.69 Å². The van der Waals surface area contributed by atoms with Gasteiger partial charge in [-0.05, 0) is 17.8 Å². The summed E-state index contributed by atoms with van der Waals surface area (Å²) >= 11 is 5.23. The second-order valence-corrected chi connectivity index (χ2v) is 7.13. The molecular formula is C12H22BrN3OS. The Morgan fingerprint density at radius 2 is 2.17 bits per heavy atom. The molecule has 6 heteroatoms. The molecule has 0 saturated heterocycles. The first kappa shape index (κ1) is 15.8. The first-order valence-corrected chi connectivity index (χ1v) is 8.34. The van der Waals surface area contributed by atoms with Crippen molar-refractivity contribution in [2.75, 3.05) is 11.1 Å². The number of aromatic nitrogens is 3. The Labute approximate surface area is 121 Å². The molecule has 0 amide bonds. The van der Waals surface area contributed by atoms with Crippen molar-refractivity contribution in [1.29, 1.82) is 0 Å². The summed E-state index contributed by atoms with van der Waals surface area (Å²) in [5.41, 5.74) is 0.147. The van der Waals surface area contributed by atoms with E-state index in [0.29, 0.717) is 5.92 Å². The second kappa shape index (κ2) is 6.80. The van der Waals surface area contributed by atoms with Crippen LogP contribution in [0.25, 0.3) is 0 Å². The standard InChI is InChI=1S/C12H22BrN3OS/c1-5-6-16-10(17)14-15-11(16)18-8-9(7-13)12(2,3)4/h9H,5-8H2,1-4H3,(H,14,17). The third-order valence-corrected chi connectivity index (χ3v) is 4.92. The highest BCUT2D eigenvalue weighted by molar-refractivity contribution is 9.09. The number of hydrogen-bond acceptors (Lipinski definition) is 3. The topological polar surface area (TPSA) is 50.7 Å².